The molecule has 0 amide bonds. The van der Waals surface area contributed by atoms with Crippen LogP contribution >= 0.6 is 0 Å². The van der Waals surface area contributed by atoms with Crippen LogP contribution in [0.15, 0.2) is 0 Å². The molecule has 4 rings (SSSR count). The van der Waals surface area contributed by atoms with E-state index in [2.05, 4.69) is 13.8 Å². The van der Waals surface area contributed by atoms with Gasteiger partial charge in [0.25, 0.3) is 0 Å². The van der Waals surface area contributed by atoms with Gasteiger partial charge in [0.05, 0.1) is 49.1 Å². The van der Waals surface area contributed by atoms with Gasteiger partial charge in [0, 0.05) is 5.92 Å². The molecule has 8 heteroatoms. The van der Waals surface area contributed by atoms with Crippen molar-refractivity contribution in [1.82, 2.24) is 0 Å². The maximum absolute atomic E-state index is 13.0. The monoisotopic (exact) mass is 512 g/mol. The predicted molar refractivity (Wildman–Crippen MR) is 132 cm³/mol. The zero-order chi connectivity index (χ0) is 26.8. The van der Waals surface area contributed by atoms with E-state index >= 15 is 0 Å². The maximum Gasteiger partial charge on any atom is 0.309 e. The zero-order valence-corrected chi connectivity index (χ0v) is 22.5. The van der Waals surface area contributed by atoms with Gasteiger partial charge in [-0.25, -0.2) is 0 Å². The van der Waals surface area contributed by atoms with Crippen LogP contribution in [0.2, 0.25) is 0 Å². The Labute approximate surface area is 215 Å². The number of fused-ring (bicyclic) bond motifs is 5. The molecule has 4 fully saturated rings. The van der Waals surface area contributed by atoms with Crippen LogP contribution in [0, 0.1) is 52.3 Å². The van der Waals surface area contributed by atoms with E-state index in [9.17, 15) is 35.4 Å². The van der Waals surface area contributed by atoms with Gasteiger partial charge in [-0.15, -0.1) is 0 Å². The summed E-state index contributed by atoms with van der Waals surface area (Å²) in [6.07, 6.45) is 0.343. The lowest BCUT2D eigenvalue weighted by molar-refractivity contribution is -0.162. The van der Waals surface area contributed by atoms with E-state index in [0.717, 1.165) is 25.7 Å². The Hall–Kier alpha value is -0.770. The Kier molecular flexibility index (Phi) is 7.66. The Balaban J connectivity index is 1.56. The minimum absolute atomic E-state index is 0.0978. The van der Waals surface area contributed by atoms with Crippen molar-refractivity contribution >= 4 is 5.97 Å². The van der Waals surface area contributed by atoms with Gasteiger partial charge in [-0.05, 0) is 85.9 Å². The van der Waals surface area contributed by atoms with Crippen molar-refractivity contribution in [2.24, 2.45) is 52.3 Å². The molecule has 36 heavy (non-hydrogen) atoms. The molecule has 0 aromatic heterocycles. The number of carbonyl (C=O) groups is 1. The normalized spacial score (nSPS) is 47.8. The Morgan fingerprint density at radius 1 is 1.03 bits per heavy atom. The summed E-state index contributed by atoms with van der Waals surface area (Å²) in [6.45, 7) is 9.32. The average molecular weight is 513 g/mol. The number of rotatable bonds is 6. The van der Waals surface area contributed by atoms with E-state index in [-0.39, 0.29) is 41.5 Å². The van der Waals surface area contributed by atoms with Crippen molar-refractivity contribution in [3.63, 3.8) is 0 Å². The third kappa shape index (κ3) is 4.34. The first-order valence-electron chi connectivity index (χ1n) is 13.9. The van der Waals surface area contributed by atoms with Crippen LogP contribution in [-0.4, -0.2) is 79.8 Å². The Bertz CT molecular complexity index is 817. The van der Waals surface area contributed by atoms with Crippen LogP contribution in [0.3, 0.4) is 0 Å². The van der Waals surface area contributed by atoms with Crippen molar-refractivity contribution in [1.29, 1.82) is 0 Å². The first-order valence-corrected chi connectivity index (χ1v) is 13.9. The zero-order valence-electron chi connectivity index (χ0n) is 22.5. The number of hydrogen-bond acceptors (Lipinski definition) is 8. The number of ether oxygens (including phenoxy) is 1. The standard InChI is InChI=1S/C28H48O8/c1-14(23(32)24(33)15(2)28(5,35)13-29)17-6-7-18-16-12-36-25(34)20-10-21(30)22(31)11-27(20,4)19(16)8-9-26(17,18)3/h14-24,29-33,35H,6-13H2,1-5H3/t14-,15-,16-,17+,18-,19-,20+,21-,22+,23+,24+,26+,27+,28-/m0/s1. The maximum atomic E-state index is 13.0. The van der Waals surface area contributed by atoms with E-state index in [0.29, 0.717) is 18.9 Å². The SMILES string of the molecule is C[C@H]([C@@H](O)[C@H](O)[C@H](C)[C@@](C)(O)CO)[C@H]1CC[C@H]2[C@@H]3COC(=O)[C@H]4C[C@H](O)[C@H](O)C[C@]4(C)[C@H]3CC[C@]12C. The summed E-state index contributed by atoms with van der Waals surface area (Å²) in [7, 11) is 0. The van der Waals surface area contributed by atoms with Gasteiger partial charge in [0.1, 0.15) is 0 Å². The molecule has 208 valence electrons. The molecule has 0 bridgehead atoms. The quantitative estimate of drug-likeness (QED) is 0.293. The highest BCUT2D eigenvalue weighted by Crippen LogP contribution is 2.66. The van der Waals surface area contributed by atoms with Crippen molar-refractivity contribution < 1.29 is 40.2 Å². The van der Waals surface area contributed by atoms with Gasteiger partial charge in [-0.2, -0.15) is 0 Å². The number of carbonyl (C=O) groups excluding carboxylic acids is 1. The topological polar surface area (TPSA) is 148 Å². The molecule has 1 saturated heterocycles. The summed E-state index contributed by atoms with van der Waals surface area (Å²) in [5.74, 6) is -0.787. The highest BCUT2D eigenvalue weighted by Gasteiger charge is 2.63. The molecular formula is C28H48O8. The molecule has 3 saturated carbocycles. The molecule has 14 atom stereocenters. The first kappa shape index (κ1) is 28.2. The number of aliphatic hydroxyl groups excluding tert-OH is 5. The van der Waals surface area contributed by atoms with Crippen molar-refractivity contribution in [2.75, 3.05) is 13.2 Å². The molecule has 0 aromatic carbocycles. The van der Waals surface area contributed by atoms with Crippen LogP contribution in [-0.2, 0) is 9.53 Å². The van der Waals surface area contributed by atoms with Gasteiger partial charge in [0.2, 0.25) is 0 Å². The van der Waals surface area contributed by atoms with Gasteiger partial charge in [-0.3, -0.25) is 4.79 Å². The average Bonchev–Trinajstić information content (AvgIpc) is 3.14. The highest BCUT2D eigenvalue weighted by atomic mass is 16.5. The summed E-state index contributed by atoms with van der Waals surface area (Å²) in [5.41, 5.74) is -2.02. The molecular weight excluding hydrogens is 464 g/mol. The van der Waals surface area contributed by atoms with E-state index in [1.807, 2.05) is 6.92 Å². The summed E-state index contributed by atoms with van der Waals surface area (Å²) < 4.78 is 5.83. The predicted octanol–water partition coefficient (Wildman–Crippen LogP) is 1.48. The van der Waals surface area contributed by atoms with Crippen LogP contribution < -0.4 is 0 Å². The molecule has 0 aromatic rings. The molecule has 6 N–H and O–H groups in total. The highest BCUT2D eigenvalue weighted by molar-refractivity contribution is 5.74. The lowest BCUT2D eigenvalue weighted by atomic mass is 9.48. The number of hydrogen-bond donors (Lipinski definition) is 6. The Morgan fingerprint density at radius 2 is 1.67 bits per heavy atom. The number of esters is 1. The van der Waals surface area contributed by atoms with E-state index < -0.39 is 53.9 Å². The van der Waals surface area contributed by atoms with Crippen LogP contribution in [0.1, 0.15) is 73.1 Å². The Morgan fingerprint density at radius 3 is 2.31 bits per heavy atom. The van der Waals surface area contributed by atoms with E-state index in [1.165, 1.54) is 6.92 Å². The van der Waals surface area contributed by atoms with Crippen LogP contribution in [0.25, 0.3) is 0 Å². The second kappa shape index (κ2) is 9.76. The summed E-state index contributed by atoms with van der Waals surface area (Å²) >= 11 is 0. The minimum atomic E-state index is -1.49. The van der Waals surface area contributed by atoms with Gasteiger partial charge in [-0.1, -0.05) is 27.7 Å². The summed E-state index contributed by atoms with van der Waals surface area (Å²) in [6, 6.07) is 0. The third-order valence-corrected chi connectivity index (χ3v) is 11.8. The fourth-order valence-electron chi connectivity index (χ4n) is 9.05. The molecule has 0 radical (unpaired) electrons. The van der Waals surface area contributed by atoms with Gasteiger partial charge >= 0.3 is 5.97 Å². The van der Waals surface area contributed by atoms with Crippen molar-refractivity contribution in [2.45, 2.75) is 103 Å². The smallest absolute Gasteiger partial charge is 0.309 e. The summed E-state index contributed by atoms with van der Waals surface area (Å²) in [5, 5.41) is 62.9. The molecule has 4 aliphatic rings. The summed E-state index contributed by atoms with van der Waals surface area (Å²) in [4.78, 5) is 13.0. The largest absolute Gasteiger partial charge is 0.465 e. The fourth-order valence-corrected chi connectivity index (χ4v) is 9.05. The molecule has 3 aliphatic carbocycles. The first-order chi connectivity index (χ1) is 16.7. The molecule has 0 unspecified atom stereocenters. The lowest BCUT2D eigenvalue weighted by Gasteiger charge is -2.56. The number of cyclic esters (lactones) is 1. The molecule has 1 aliphatic heterocycles. The molecule has 8 nitrogen and oxygen atoms in total. The van der Waals surface area contributed by atoms with Crippen molar-refractivity contribution in [3.05, 3.63) is 0 Å². The lowest BCUT2D eigenvalue weighted by Crippen LogP contribution is -2.55. The fraction of sp³-hybridized carbons (Fsp3) is 0.964. The van der Waals surface area contributed by atoms with Crippen LogP contribution in [0.5, 0.6) is 0 Å². The van der Waals surface area contributed by atoms with Gasteiger partial charge < -0.3 is 35.4 Å². The third-order valence-electron chi connectivity index (χ3n) is 11.8. The van der Waals surface area contributed by atoms with Crippen molar-refractivity contribution in [3.8, 4) is 0 Å². The van der Waals surface area contributed by atoms with E-state index in [4.69, 9.17) is 4.74 Å². The van der Waals surface area contributed by atoms with Crippen LogP contribution in [0.4, 0.5) is 0 Å². The molecule has 0 spiro atoms. The molecule has 1 heterocycles. The minimum Gasteiger partial charge on any atom is -0.465 e. The van der Waals surface area contributed by atoms with Gasteiger partial charge in [0.15, 0.2) is 0 Å². The second-order valence-electron chi connectivity index (χ2n) is 13.5. The van der Waals surface area contributed by atoms with E-state index in [1.54, 1.807) is 6.92 Å². The second-order valence-corrected chi connectivity index (χ2v) is 13.5. The number of aliphatic hydroxyl groups is 6.